The Morgan fingerprint density at radius 2 is 1.02 bits per heavy atom. The standard InChI is InChI=1S/C49H35NO/c1-49(2)45-22-11-10-19-41(45)42-27-25-37(31-46(42)49)50(35-15-4-3-5-16-35)36-26-28-47-44(30-36)40-18-9-8-17-39(40)43-21-12-20-38(48(43)51-47)34-24-23-32-13-6-7-14-33(32)29-34/h3-31H,1-2H3. The third kappa shape index (κ3) is 4.64. The van der Waals surface area contributed by atoms with Gasteiger partial charge in [0.05, 0.1) is 0 Å². The summed E-state index contributed by atoms with van der Waals surface area (Å²) in [5.41, 5.74) is 15.3. The van der Waals surface area contributed by atoms with Crippen molar-refractivity contribution < 1.29 is 4.74 Å². The van der Waals surface area contributed by atoms with Gasteiger partial charge in [-0.05, 0) is 98.2 Å². The van der Waals surface area contributed by atoms with Crippen molar-refractivity contribution in [3.63, 3.8) is 0 Å². The van der Waals surface area contributed by atoms with Crippen LogP contribution in [0.3, 0.4) is 0 Å². The highest BCUT2D eigenvalue weighted by Gasteiger charge is 2.36. The van der Waals surface area contributed by atoms with Crippen LogP contribution in [0.2, 0.25) is 0 Å². The summed E-state index contributed by atoms with van der Waals surface area (Å²) in [6, 6.07) is 63.5. The number of para-hydroxylation sites is 2. The van der Waals surface area contributed by atoms with Gasteiger partial charge < -0.3 is 9.64 Å². The lowest BCUT2D eigenvalue weighted by atomic mass is 9.82. The van der Waals surface area contributed by atoms with E-state index in [0.29, 0.717) is 0 Å². The zero-order chi connectivity index (χ0) is 34.1. The number of rotatable bonds is 4. The summed E-state index contributed by atoms with van der Waals surface area (Å²) in [6.45, 7) is 4.68. The van der Waals surface area contributed by atoms with Crippen LogP contribution in [0.5, 0.6) is 11.5 Å². The third-order valence-corrected chi connectivity index (χ3v) is 10.9. The molecule has 0 fully saturated rings. The summed E-state index contributed by atoms with van der Waals surface area (Å²) in [7, 11) is 0. The van der Waals surface area contributed by atoms with Gasteiger partial charge in [-0.1, -0.05) is 141 Å². The van der Waals surface area contributed by atoms with Gasteiger partial charge in [-0.2, -0.15) is 0 Å². The van der Waals surface area contributed by atoms with Crippen LogP contribution in [0.25, 0.3) is 55.3 Å². The molecule has 0 atom stereocenters. The highest BCUT2D eigenvalue weighted by molar-refractivity contribution is 5.97. The van der Waals surface area contributed by atoms with E-state index in [4.69, 9.17) is 4.74 Å². The van der Waals surface area contributed by atoms with Gasteiger partial charge in [0, 0.05) is 39.2 Å². The van der Waals surface area contributed by atoms with E-state index in [0.717, 1.165) is 61.9 Å². The molecule has 0 saturated heterocycles. The van der Waals surface area contributed by atoms with Gasteiger partial charge in [-0.15, -0.1) is 0 Å². The van der Waals surface area contributed by atoms with Crippen LogP contribution in [0, 0.1) is 0 Å². The van der Waals surface area contributed by atoms with Gasteiger partial charge >= 0.3 is 0 Å². The molecular formula is C49H35NO. The average Bonchev–Trinajstić information content (AvgIpc) is 3.31. The Hall–Kier alpha value is -6.38. The molecule has 2 heteroatoms. The Kier molecular flexibility index (Phi) is 6.56. The van der Waals surface area contributed by atoms with E-state index in [2.05, 4.69) is 195 Å². The molecule has 51 heavy (non-hydrogen) atoms. The molecule has 0 amide bonds. The maximum Gasteiger partial charge on any atom is 0.143 e. The summed E-state index contributed by atoms with van der Waals surface area (Å²) < 4.78 is 7.03. The molecule has 0 spiro atoms. The first kappa shape index (κ1) is 29.5. The van der Waals surface area contributed by atoms with Crippen molar-refractivity contribution in [3.05, 3.63) is 187 Å². The molecule has 1 aliphatic carbocycles. The molecule has 0 aromatic heterocycles. The molecule has 8 aromatic rings. The lowest BCUT2D eigenvalue weighted by Crippen LogP contribution is -2.16. The molecule has 8 aromatic carbocycles. The number of benzene rings is 8. The molecule has 0 bridgehead atoms. The zero-order valence-electron chi connectivity index (χ0n) is 28.6. The molecule has 1 aliphatic heterocycles. The predicted octanol–water partition coefficient (Wildman–Crippen LogP) is 13.7. The number of hydrogen-bond donors (Lipinski definition) is 0. The van der Waals surface area contributed by atoms with E-state index in [1.54, 1.807) is 0 Å². The van der Waals surface area contributed by atoms with E-state index < -0.39 is 0 Å². The number of hydrogen-bond acceptors (Lipinski definition) is 2. The Bertz CT molecular complexity index is 2650. The van der Waals surface area contributed by atoms with Gasteiger partial charge in [-0.25, -0.2) is 0 Å². The summed E-state index contributed by atoms with van der Waals surface area (Å²) in [6.07, 6.45) is 0. The van der Waals surface area contributed by atoms with Crippen LogP contribution in [0.1, 0.15) is 25.0 Å². The monoisotopic (exact) mass is 653 g/mol. The topological polar surface area (TPSA) is 12.5 Å². The van der Waals surface area contributed by atoms with Crippen molar-refractivity contribution >= 4 is 27.8 Å². The normalized spacial score (nSPS) is 13.2. The van der Waals surface area contributed by atoms with Crippen molar-refractivity contribution in [1.29, 1.82) is 0 Å². The SMILES string of the molecule is CC1(C)c2ccccc2-c2ccc(N(c3ccccc3)c3ccc4c(c3)-c3ccccc3-c3cccc(-c5ccc6ccccc6c5)c3O4)cc21. The Morgan fingerprint density at radius 1 is 0.392 bits per heavy atom. The number of fused-ring (bicyclic) bond motifs is 9. The molecule has 2 aliphatic rings. The first-order chi connectivity index (χ1) is 25.0. The summed E-state index contributed by atoms with van der Waals surface area (Å²) in [5.74, 6) is 1.73. The highest BCUT2D eigenvalue weighted by Crippen LogP contribution is 2.53. The second kappa shape index (κ2) is 11.3. The van der Waals surface area contributed by atoms with E-state index in [1.807, 2.05) is 0 Å². The summed E-state index contributed by atoms with van der Waals surface area (Å²) in [5, 5.41) is 2.44. The minimum atomic E-state index is -0.0978. The van der Waals surface area contributed by atoms with Crippen LogP contribution < -0.4 is 9.64 Å². The molecule has 0 radical (unpaired) electrons. The first-order valence-corrected chi connectivity index (χ1v) is 17.7. The minimum absolute atomic E-state index is 0.0978. The maximum absolute atomic E-state index is 7.03. The Morgan fingerprint density at radius 3 is 1.86 bits per heavy atom. The number of nitrogens with zero attached hydrogens (tertiary/aromatic N) is 1. The molecule has 1 heterocycles. The number of ether oxygens (including phenoxy) is 1. The molecule has 0 saturated carbocycles. The van der Waals surface area contributed by atoms with Crippen molar-refractivity contribution in [1.82, 2.24) is 0 Å². The predicted molar refractivity (Wildman–Crippen MR) is 213 cm³/mol. The minimum Gasteiger partial charge on any atom is -0.455 e. The first-order valence-electron chi connectivity index (χ1n) is 17.7. The lowest BCUT2D eigenvalue weighted by Gasteiger charge is -2.28. The zero-order valence-corrected chi connectivity index (χ0v) is 28.6. The van der Waals surface area contributed by atoms with Gasteiger partial charge in [-0.3, -0.25) is 0 Å². The van der Waals surface area contributed by atoms with E-state index in [-0.39, 0.29) is 5.41 Å². The van der Waals surface area contributed by atoms with E-state index in [9.17, 15) is 0 Å². The fourth-order valence-electron chi connectivity index (χ4n) is 8.32. The van der Waals surface area contributed by atoms with Crippen molar-refractivity contribution in [3.8, 4) is 56.0 Å². The molecule has 10 rings (SSSR count). The highest BCUT2D eigenvalue weighted by atomic mass is 16.5. The molecular weight excluding hydrogens is 619 g/mol. The van der Waals surface area contributed by atoms with Crippen molar-refractivity contribution in [2.45, 2.75) is 19.3 Å². The molecule has 242 valence electrons. The molecule has 2 nitrogen and oxygen atoms in total. The lowest BCUT2D eigenvalue weighted by molar-refractivity contribution is 0.489. The second-order valence-electron chi connectivity index (χ2n) is 14.1. The smallest absolute Gasteiger partial charge is 0.143 e. The fourth-order valence-corrected chi connectivity index (χ4v) is 8.32. The van der Waals surface area contributed by atoms with Crippen LogP contribution in [0.15, 0.2) is 176 Å². The average molecular weight is 654 g/mol. The van der Waals surface area contributed by atoms with E-state index in [1.165, 1.54) is 33.0 Å². The second-order valence-corrected chi connectivity index (χ2v) is 14.1. The molecule has 0 unspecified atom stereocenters. The number of anilines is 3. The van der Waals surface area contributed by atoms with E-state index >= 15 is 0 Å². The van der Waals surface area contributed by atoms with Crippen LogP contribution in [-0.4, -0.2) is 0 Å². The fraction of sp³-hybridized carbons (Fsp3) is 0.0612. The van der Waals surface area contributed by atoms with Crippen LogP contribution in [-0.2, 0) is 5.41 Å². The quantitative estimate of drug-likeness (QED) is 0.187. The van der Waals surface area contributed by atoms with Crippen LogP contribution >= 0.6 is 0 Å². The largest absolute Gasteiger partial charge is 0.455 e. The summed E-state index contributed by atoms with van der Waals surface area (Å²) in [4.78, 5) is 2.38. The maximum atomic E-state index is 7.03. The Balaban J connectivity index is 1.14. The summed E-state index contributed by atoms with van der Waals surface area (Å²) >= 11 is 0. The van der Waals surface area contributed by atoms with Gasteiger partial charge in [0.15, 0.2) is 0 Å². The van der Waals surface area contributed by atoms with Crippen molar-refractivity contribution in [2.75, 3.05) is 4.90 Å². The Labute approximate surface area is 298 Å². The van der Waals surface area contributed by atoms with Crippen LogP contribution in [0.4, 0.5) is 17.1 Å². The van der Waals surface area contributed by atoms with Gasteiger partial charge in [0.25, 0.3) is 0 Å². The van der Waals surface area contributed by atoms with Crippen molar-refractivity contribution in [2.24, 2.45) is 0 Å². The van der Waals surface area contributed by atoms with Gasteiger partial charge in [0.1, 0.15) is 11.5 Å². The van der Waals surface area contributed by atoms with Gasteiger partial charge in [0.2, 0.25) is 0 Å². The molecule has 0 N–H and O–H groups in total. The third-order valence-electron chi connectivity index (χ3n) is 10.9.